The van der Waals surface area contributed by atoms with Gasteiger partial charge in [-0.1, -0.05) is 145 Å². The van der Waals surface area contributed by atoms with Gasteiger partial charge in [-0.25, -0.2) is 0 Å². The lowest BCUT2D eigenvalue weighted by Crippen LogP contribution is -2.33. The molecule has 0 radical (unpaired) electrons. The Morgan fingerprint density at radius 1 is 0.375 bits per heavy atom. The molecule has 2 aliphatic rings. The lowest BCUT2D eigenvalue weighted by atomic mass is 9.63. The zero-order chi connectivity index (χ0) is 33.3. The van der Waals surface area contributed by atoms with E-state index in [-0.39, 0.29) is 16.2 Å². The second-order valence-corrected chi connectivity index (χ2v) is 15.7. The van der Waals surface area contributed by atoms with E-state index in [1.165, 1.54) is 74.2 Å². The summed E-state index contributed by atoms with van der Waals surface area (Å²) in [4.78, 5) is 2.41. The summed E-state index contributed by atoms with van der Waals surface area (Å²) in [5, 5.41) is 0. The normalized spacial score (nSPS) is 16.5. The van der Waals surface area contributed by atoms with Crippen molar-refractivity contribution in [3.63, 3.8) is 0 Å². The molecule has 0 saturated carbocycles. The van der Waals surface area contributed by atoms with Crippen molar-refractivity contribution < 1.29 is 0 Å². The maximum absolute atomic E-state index is 2.46. The standard InChI is InChI=1S/C47H45N/c1-45(2)28-29-46(3,4)44-30-35(20-27-42(44)45)34-18-23-37(24-19-34)48(36-21-16-33(17-22-36)32-12-8-7-9-13-32)38-25-26-40-39-14-10-11-15-41(39)47(5,6)43(40)31-38/h7-27,30-31H,28-29H2,1-6H3. The quantitative estimate of drug-likeness (QED) is 0.185. The second kappa shape index (κ2) is 11.1. The molecule has 8 rings (SSSR count). The first-order valence-corrected chi connectivity index (χ1v) is 17.5. The summed E-state index contributed by atoms with van der Waals surface area (Å²) in [6, 6.07) is 51.9. The monoisotopic (exact) mass is 623 g/mol. The Morgan fingerprint density at radius 2 is 0.875 bits per heavy atom. The zero-order valence-corrected chi connectivity index (χ0v) is 29.1. The molecule has 0 aliphatic heterocycles. The van der Waals surface area contributed by atoms with Gasteiger partial charge >= 0.3 is 0 Å². The van der Waals surface area contributed by atoms with Crippen molar-refractivity contribution in [2.45, 2.75) is 70.6 Å². The fourth-order valence-corrected chi connectivity index (χ4v) is 8.28. The third-order valence-corrected chi connectivity index (χ3v) is 11.4. The van der Waals surface area contributed by atoms with E-state index in [1.807, 2.05) is 0 Å². The number of hydrogen-bond donors (Lipinski definition) is 0. The van der Waals surface area contributed by atoms with Crippen molar-refractivity contribution in [3.05, 3.63) is 162 Å². The minimum Gasteiger partial charge on any atom is -0.310 e. The van der Waals surface area contributed by atoms with Gasteiger partial charge in [0.1, 0.15) is 0 Å². The number of anilines is 3. The molecule has 48 heavy (non-hydrogen) atoms. The SMILES string of the molecule is CC1(C)CCC(C)(C)c2cc(-c3ccc(N(c4ccc(-c5ccccc5)cc4)c4ccc5c(c4)C(C)(C)c4ccccc4-5)cc3)ccc21. The van der Waals surface area contributed by atoms with Crippen molar-refractivity contribution >= 4 is 17.1 Å². The minimum atomic E-state index is -0.0660. The molecule has 0 N–H and O–H groups in total. The molecule has 0 fully saturated rings. The van der Waals surface area contributed by atoms with Gasteiger partial charge in [-0.05, 0) is 116 Å². The Hall–Kier alpha value is -4.88. The van der Waals surface area contributed by atoms with Crippen LogP contribution in [0, 0.1) is 0 Å². The van der Waals surface area contributed by atoms with E-state index in [4.69, 9.17) is 0 Å². The summed E-state index contributed by atoms with van der Waals surface area (Å²) < 4.78 is 0. The predicted molar refractivity (Wildman–Crippen MR) is 205 cm³/mol. The number of nitrogens with zero attached hydrogens (tertiary/aromatic N) is 1. The maximum atomic E-state index is 2.46. The highest BCUT2D eigenvalue weighted by Crippen LogP contribution is 2.51. The third-order valence-electron chi connectivity index (χ3n) is 11.4. The van der Waals surface area contributed by atoms with Crippen LogP contribution < -0.4 is 4.90 Å². The average Bonchev–Trinajstić information content (AvgIpc) is 3.34. The van der Waals surface area contributed by atoms with E-state index in [1.54, 1.807) is 0 Å². The smallest absolute Gasteiger partial charge is 0.0465 e. The molecule has 1 nitrogen and oxygen atoms in total. The van der Waals surface area contributed by atoms with E-state index >= 15 is 0 Å². The van der Waals surface area contributed by atoms with Gasteiger partial charge in [0.2, 0.25) is 0 Å². The van der Waals surface area contributed by atoms with Crippen LogP contribution in [0.4, 0.5) is 17.1 Å². The van der Waals surface area contributed by atoms with Crippen molar-refractivity contribution in [2.75, 3.05) is 4.90 Å². The first-order valence-electron chi connectivity index (χ1n) is 17.5. The van der Waals surface area contributed by atoms with Crippen LogP contribution in [0.2, 0.25) is 0 Å². The molecule has 0 bridgehead atoms. The average molecular weight is 624 g/mol. The molecular weight excluding hydrogens is 579 g/mol. The van der Waals surface area contributed by atoms with Gasteiger partial charge in [-0.15, -0.1) is 0 Å². The van der Waals surface area contributed by atoms with Crippen molar-refractivity contribution in [2.24, 2.45) is 0 Å². The van der Waals surface area contributed by atoms with E-state index < -0.39 is 0 Å². The van der Waals surface area contributed by atoms with Gasteiger partial charge in [0.15, 0.2) is 0 Å². The minimum absolute atomic E-state index is 0.0660. The molecule has 0 amide bonds. The van der Waals surface area contributed by atoms with Crippen LogP contribution in [-0.4, -0.2) is 0 Å². The summed E-state index contributed by atoms with van der Waals surface area (Å²) in [5.41, 5.74) is 17.3. The van der Waals surface area contributed by atoms with Gasteiger partial charge in [0, 0.05) is 22.5 Å². The highest BCUT2D eigenvalue weighted by Gasteiger charge is 2.37. The fraction of sp³-hybridized carbons (Fsp3) is 0.234. The van der Waals surface area contributed by atoms with Crippen molar-refractivity contribution in [1.82, 2.24) is 0 Å². The first kappa shape index (κ1) is 30.5. The lowest BCUT2D eigenvalue weighted by Gasteiger charge is -2.42. The molecule has 1 heteroatoms. The van der Waals surface area contributed by atoms with Crippen molar-refractivity contribution in [1.29, 1.82) is 0 Å². The van der Waals surface area contributed by atoms with E-state index in [0.717, 1.165) is 11.4 Å². The Balaban J connectivity index is 1.21. The summed E-state index contributed by atoms with van der Waals surface area (Å²) in [5.74, 6) is 0. The molecule has 2 aliphatic carbocycles. The molecule has 6 aromatic rings. The largest absolute Gasteiger partial charge is 0.310 e. The lowest BCUT2D eigenvalue weighted by molar-refractivity contribution is 0.332. The maximum Gasteiger partial charge on any atom is 0.0465 e. The zero-order valence-electron chi connectivity index (χ0n) is 29.1. The molecule has 0 atom stereocenters. The summed E-state index contributed by atoms with van der Waals surface area (Å²) in [6.07, 6.45) is 2.45. The number of hydrogen-bond acceptors (Lipinski definition) is 1. The van der Waals surface area contributed by atoms with Crippen LogP contribution in [-0.2, 0) is 16.2 Å². The molecular formula is C47H45N. The fourth-order valence-electron chi connectivity index (χ4n) is 8.28. The first-order chi connectivity index (χ1) is 23.0. The highest BCUT2D eigenvalue weighted by atomic mass is 15.1. The van der Waals surface area contributed by atoms with Crippen LogP contribution in [0.3, 0.4) is 0 Å². The van der Waals surface area contributed by atoms with Gasteiger partial charge < -0.3 is 4.90 Å². The van der Waals surface area contributed by atoms with Gasteiger partial charge in [-0.2, -0.15) is 0 Å². The summed E-state index contributed by atoms with van der Waals surface area (Å²) in [6.45, 7) is 14.3. The van der Waals surface area contributed by atoms with Crippen LogP contribution in [0.1, 0.15) is 76.6 Å². The second-order valence-electron chi connectivity index (χ2n) is 15.7. The Kier molecular flexibility index (Phi) is 7.04. The van der Waals surface area contributed by atoms with E-state index in [9.17, 15) is 0 Å². The number of fused-ring (bicyclic) bond motifs is 4. The molecule has 0 aromatic heterocycles. The number of benzene rings is 6. The summed E-state index contributed by atoms with van der Waals surface area (Å²) >= 11 is 0. The number of rotatable bonds is 5. The van der Waals surface area contributed by atoms with Gasteiger partial charge in [0.25, 0.3) is 0 Å². The van der Waals surface area contributed by atoms with Crippen LogP contribution in [0.5, 0.6) is 0 Å². The van der Waals surface area contributed by atoms with E-state index in [2.05, 4.69) is 186 Å². The topological polar surface area (TPSA) is 3.24 Å². The molecule has 238 valence electrons. The van der Waals surface area contributed by atoms with Gasteiger partial charge in [-0.3, -0.25) is 0 Å². The Bertz CT molecular complexity index is 2130. The Labute approximate surface area is 286 Å². The van der Waals surface area contributed by atoms with Crippen molar-refractivity contribution in [3.8, 4) is 33.4 Å². The van der Waals surface area contributed by atoms with Gasteiger partial charge in [0.05, 0.1) is 0 Å². The highest BCUT2D eigenvalue weighted by molar-refractivity contribution is 5.86. The Morgan fingerprint density at radius 3 is 1.54 bits per heavy atom. The molecule has 0 spiro atoms. The third kappa shape index (κ3) is 4.99. The molecule has 0 unspecified atom stereocenters. The molecule has 6 aromatic carbocycles. The van der Waals surface area contributed by atoms with Crippen LogP contribution in [0.15, 0.2) is 140 Å². The van der Waals surface area contributed by atoms with Crippen LogP contribution in [0.25, 0.3) is 33.4 Å². The predicted octanol–water partition coefficient (Wildman–Crippen LogP) is 13.1. The van der Waals surface area contributed by atoms with Crippen LogP contribution >= 0.6 is 0 Å². The summed E-state index contributed by atoms with van der Waals surface area (Å²) in [7, 11) is 0. The molecule has 0 heterocycles. The van der Waals surface area contributed by atoms with E-state index in [0.29, 0.717) is 0 Å². The molecule has 0 saturated heterocycles.